The van der Waals surface area contributed by atoms with Gasteiger partial charge in [0.05, 0.1) is 17.3 Å². The lowest BCUT2D eigenvalue weighted by atomic mass is 10.0. The summed E-state index contributed by atoms with van der Waals surface area (Å²) >= 11 is 0. The molecule has 1 saturated heterocycles. The summed E-state index contributed by atoms with van der Waals surface area (Å²) < 4.78 is 14.1. The lowest BCUT2D eigenvalue weighted by molar-refractivity contribution is -0.132. The monoisotopic (exact) mass is 313 g/mol. The van der Waals surface area contributed by atoms with E-state index in [-0.39, 0.29) is 11.7 Å². The van der Waals surface area contributed by atoms with Crippen LogP contribution in [0.3, 0.4) is 0 Å². The van der Waals surface area contributed by atoms with Crippen molar-refractivity contribution >= 4 is 11.6 Å². The minimum absolute atomic E-state index is 0.196. The van der Waals surface area contributed by atoms with Crippen molar-refractivity contribution in [2.45, 2.75) is 19.3 Å². The Kier molecular flexibility index (Phi) is 4.61. The number of piperazine rings is 1. The van der Waals surface area contributed by atoms with E-state index in [1.54, 1.807) is 12.1 Å². The van der Waals surface area contributed by atoms with Gasteiger partial charge in [-0.1, -0.05) is 12.2 Å². The van der Waals surface area contributed by atoms with Gasteiger partial charge in [-0.15, -0.1) is 0 Å². The van der Waals surface area contributed by atoms with Crippen LogP contribution in [0.5, 0.6) is 0 Å². The molecule has 0 bridgehead atoms. The molecule has 0 aromatic heterocycles. The molecule has 1 heterocycles. The molecule has 4 nitrogen and oxygen atoms in total. The first kappa shape index (κ1) is 15.5. The number of carbonyl (C=O) groups excluding carboxylic acids is 1. The van der Waals surface area contributed by atoms with Crippen molar-refractivity contribution in [1.29, 1.82) is 5.26 Å². The van der Waals surface area contributed by atoms with E-state index in [4.69, 9.17) is 5.26 Å². The fourth-order valence-corrected chi connectivity index (χ4v) is 3.25. The Labute approximate surface area is 135 Å². The molecule has 3 rings (SSSR count). The summed E-state index contributed by atoms with van der Waals surface area (Å²) in [5.41, 5.74) is 0.833. The number of rotatable bonds is 3. The molecule has 1 fully saturated rings. The molecular formula is C18H20FN3O. The minimum Gasteiger partial charge on any atom is -0.366 e. The third-order valence-corrected chi connectivity index (χ3v) is 4.60. The SMILES string of the molecule is N#Cc1ccc(N2CCN(C(=O)C[C@H]3C=CCC3)CC2)c(F)c1. The minimum atomic E-state index is -0.375. The molecule has 1 atom stereocenters. The highest BCUT2D eigenvalue weighted by Gasteiger charge is 2.24. The van der Waals surface area contributed by atoms with Crippen LogP contribution in [0.15, 0.2) is 30.4 Å². The van der Waals surface area contributed by atoms with E-state index in [1.807, 2.05) is 15.9 Å². The largest absolute Gasteiger partial charge is 0.366 e. The summed E-state index contributed by atoms with van der Waals surface area (Å²) in [6, 6.07) is 6.48. The number of halogens is 1. The summed E-state index contributed by atoms with van der Waals surface area (Å²) in [6.45, 7) is 2.48. The number of allylic oxidation sites excluding steroid dienone is 2. The Hall–Kier alpha value is -2.35. The summed E-state index contributed by atoms with van der Waals surface area (Å²) in [7, 11) is 0. The van der Waals surface area contributed by atoms with Crippen molar-refractivity contribution in [2.75, 3.05) is 31.1 Å². The Morgan fingerprint density at radius 2 is 2.09 bits per heavy atom. The van der Waals surface area contributed by atoms with Crippen LogP contribution in [0.4, 0.5) is 10.1 Å². The second-order valence-electron chi connectivity index (χ2n) is 6.12. The first-order valence-electron chi connectivity index (χ1n) is 8.06. The first-order valence-corrected chi connectivity index (χ1v) is 8.06. The van der Waals surface area contributed by atoms with E-state index in [0.29, 0.717) is 49.8 Å². The van der Waals surface area contributed by atoms with Gasteiger partial charge in [-0.05, 0) is 37.0 Å². The van der Waals surface area contributed by atoms with Crippen molar-refractivity contribution in [3.63, 3.8) is 0 Å². The molecule has 1 aliphatic heterocycles. The number of amides is 1. The summed E-state index contributed by atoms with van der Waals surface area (Å²) in [4.78, 5) is 16.1. The number of hydrogen-bond acceptors (Lipinski definition) is 3. The van der Waals surface area contributed by atoms with Crippen LogP contribution in [-0.2, 0) is 4.79 Å². The fourth-order valence-electron chi connectivity index (χ4n) is 3.25. The van der Waals surface area contributed by atoms with Crippen LogP contribution >= 0.6 is 0 Å². The standard InChI is InChI=1S/C18H20FN3O/c19-16-11-15(13-20)5-6-17(16)21-7-9-22(10-8-21)18(23)12-14-3-1-2-4-14/h1,3,5-6,11,14H,2,4,7-10,12H2/t14-/m0/s1. The smallest absolute Gasteiger partial charge is 0.223 e. The third-order valence-electron chi connectivity index (χ3n) is 4.60. The second-order valence-corrected chi connectivity index (χ2v) is 6.12. The van der Waals surface area contributed by atoms with Crippen molar-refractivity contribution < 1.29 is 9.18 Å². The van der Waals surface area contributed by atoms with E-state index in [9.17, 15) is 9.18 Å². The number of anilines is 1. The zero-order valence-electron chi connectivity index (χ0n) is 13.0. The van der Waals surface area contributed by atoms with Crippen molar-refractivity contribution in [3.8, 4) is 6.07 Å². The van der Waals surface area contributed by atoms with Gasteiger partial charge in [0, 0.05) is 32.6 Å². The average molecular weight is 313 g/mol. The van der Waals surface area contributed by atoms with Gasteiger partial charge >= 0.3 is 0 Å². The van der Waals surface area contributed by atoms with Crippen LogP contribution in [0.1, 0.15) is 24.8 Å². The third kappa shape index (κ3) is 3.53. The zero-order valence-corrected chi connectivity index (χ0v) is 13.0. The fraction of sp³-hybridized carbons (Fsp3) is 0.444. The van der Waals surface area contributed by atoms with Crippen molar-refractivity contribution in [3.05, 3.63) is 41.7 Å². The van der Waals surface area contributed by atoms with Crippen LogP contribution in [-0.4, -0.2) is 37.0 Å². The average Bonchev–Trinajstić information content (AvgIpc) is 3.08. The molecule has 1 aromatic rings. The zero-order chi connectivity index (χ0) is 16.2. The van der Waals surface area contributed by atoms with Gasteiger partial charge in [-0.2, -0.15) is 5.26 Å². The maximum absolute atomic E-state index is 14.1. The number of hydrogen-bond donors (Lipinski definition) is 0. The summed E-state index contributed by atoms with van der Waals surface area (Å²) in [6.07, 6.45) is 7.01. The van der Waals surface area contributed by atoms with Gasteiger partial charge in [0.2, 0.25) is 5.91 Å². The molecular weight excluding hydrogens is 293 g/mol. The van der Waals surface area contributed by atoms with Gasteiger partial charge in [-0.3, -0.25) is 4.79 Å². The molecule has 0 radical (unpaired) electrons. The van der Waals surface area contributed by atoms with E-state index >= 15 is 0 Å². The molecule has 2 aliphatic rings. The molecule has 120 valence electrons. The summed E-state index contributed by atoms with van der Waals surface area (Å²) in [5, 5.41) is 8.80. The van der Waals surface area contributed by atoms with Crippen LogP contribution in [0.25, 0.3) is 0 Å². The topological polar surface area (TPSA) is 47.3 Å². The molecule has 1 aliphatic carbocycles. The van der Waals surface area contributed by atoms with Crippen LogP contribution < -0.4 is 4.90 Å². The van der Waals surface area contributed by atoms with Crippen LogP contribution in [0.2, 0.25) is 0 Å². The maximum atomic E-state index is 14.1. The van der Waals surface area contributed by atoms with E-state index in [0.717, 1.165) is 12.8 Å². The van der Waals surface area contributed by atoms with E-state index in [1.165, 1.54) is 6.07 Å². The van der Waals surface area contributed by atoms with Gasteiger partial charge in [0.25, 0.3) is 0 Å². The van der Waals surface area contributed by atoms with Gasteiger partial charge in [-0.25, -0.2) is 4.39 Å². The van der Waals surface area contributed by atoms with Crippen molar-refractivity contribution in [1.82, 2.24) is 4.90 Å². The number of carbonyl (C=O) groups is 1. The molecule has 0 saturated carbocycles. The molecule has 5 heteroatoms. The Morgan fingerprint density at radius 3 is 2.70 bits per heavy atom. The first-order chi connectivity index (χ1) is 11.2. The molecule has 0 unspecified atom stereocenters. The molecule has 23 heavy (non-hydrogen) atoms. The molecule has 1 amide bonds. The Balaban J connectivity index is 1.57. The molecule has 0 N–H and O–H groups in total. The molecule has 1 aromatic carbocycles. The molecule has 0 spiro atoms. The van der Waals surface area contributed by atoms with E-state index in [2.05, 4.69) is 12.2 Å². The Morgan fingerprint density at radius 1 is 1.30 bits per heavy atom. The quantitative estimate of drug-likeness (QED) is 0.806. The predicted octanol–water partition coefficient (Wildman–Crippen LogP) is 2.70. The lowest BCUT2D eigenvalue weighted by Gasteiger charge is -2.36. The van der Waals surface area contributed by atoms with Gasteiger partial charge < -0.3 is 9.80 Å². The lowest BCUT2D eigenvalue weighted by Crippen LogP contribution is -2.49. The van der Waals surface area contributed by atoms with Gasteiger partial charge in [0.15, 0.2) is 0 Å². The number of nitrogens with zero attached hydrogens (tertiary/aromatic N) is 3. The normalized spacial score (nSPS) is 20.6. The maximum Gasteiger partial charge on any atom is 0.223 e. The number of nitriles is 1. The number of benzene rings is 1. The van der Waals surface area contributed by atoms with Gasteiger partial charge in [0.1, 0.15) is 5.82 Å². The van der Waals surface area contributed by atoms with Crippen LogP contribution in [0, 0.1) is 23.1 Å². The van der Waals surface area contributed by atoms with E-state index < -0.39 is 0 Å². The highest BCUT2D eigenvalue weighted by Crippen LogP contribution is 2.24. The summed E-state index contributed by atoms with van der Waals surface area (Å²) in [5.74, 6) is 0.206. The predicted molar refractivity (Wildman–Crippen MR) is 86.4 cm³/mol. The Bertz CT molecular complexity index is 657. The highest BCUT2D eigenvalue weighted by atomic mass is 19.1. The highest BCUT2D eigenvalue weighted by molar-refractivity contribution is 5.77. The second kappa shape index (κ2) is 6.82. The van der Waals surface area contributed by atoms with Crippen molar-refractivity contribution in [2.24, 2.45) is 5.92 Å².